The second kappa shape index (κ2) is 7.20. The molecular formula is C15H13Cl2NO3. The van der Waals surface area contributed by atoms with E-state index < -0.39 is 5.97 Å². The topological polar surface area (TPSA) is 58.6 Å². The van der Waals surface area contributed by atoms with Crippen LogP contribution >= 0.6 is 23.2 Å². The summed E-state index contributed by atoms with van der Waals surface area (Å²) in [6.07, 6.45) is 0. The minimum atomic E-state index is -0.982. The van der Waals surface area contributed by atoms with Crippen LogP contribution in [0.15, 0.2) is 42.5 Å². The van der Waals surface area contributed by atoms with Gasteiger partial charge in [0.15, 0.2) is 0 Å². The number of benzene rings is 2. The number of anilines is 1. The van der Waals surface area contributed by atoms with Crippen molar-refractivity contribution < 1.29 is 14.6 Å². The zero-order valence-corrected chi connectivity index (χ0v) is 12.5. The molecule has 0 aliphatic rings. The van der Waals surface area contributed by atoms with E-state index in [9.17, 15) is 4.79 Å². The van der Waals surface area contributed by atoms with Gasteiger partial charge in [-0.05, 0) is 36.4 Å². The van der Waals surface area contributed by atoms with Gasteiger partial charge in [0.2, 0.25) is 0 Å². The predicted molar refractivity (Wildman–Crippen MR) is 83.8 cm³/mol. The molecule has 2 aromatic rings. The second-order valence-electron chi connectivity index (χ2n) is 4.23. The molecule has 0 spiro atoms. The number of hydrogen-bond donors (Lipinski definition) is 2. The third-order valence-corrected chi connectivity index (χ3v) is 3.26. The van der Waals surface area contributed by atoms with Crippen LogP contribution in [0.5, 0.6) is 5.75 Å². The summed E-state index contributed by atoms with van der Waals surface area (Å²) >= 11 is 11.9. The van der Waals surface area contributed by atoms with Crippen molar-refractivity contribution >= 4 is 34.9 Å². The van der Waals surface area contributed by atoms with Crippen LogP contribution in [0.25, 0.3) is 0 Å². The number of nitrogens with one attached hydrogen (secondary N) is 1. The third-order valence-electron chi connectivity index (χ3n) is 2.70. The molecule has 0 radical (unpaired) electrons. The minimum Gasteiger partial charge on any atom is -0.492 e. The van der Waals surface area contributed by atoms with Gasteiger partial charge >= 0.3 is 5.97 Å². The largest absolute Gasteiger partial charge is 0.492 e. The van der Waals surface area contributed by atoms with E-state index in [0.717, 1.165) is 5.69 Å². The summed E-state index contributed by atoms with van der Waals surface area (Å²) in [5.74, 6) is -0.474. The van der Waals surface area contributed by atoms with Crippen molar-refractivity contribution in [2.75, 3.05) is 18.5 Å². The Morgan fingerprint density at radius 1 is 1.19 bits per heavy atom. The Morgan fingerprint density at radius 2 is 2.00 bits per heavy atom. The average Bonchev–Trinajstić information content (AvgIpc) is 2.47. The number of hydrogen-bond acceptors (Lipinski definition) is 3. The second-order valence-corrected chi connectivity index (χ2v) is 5.08. The van der Waals surface area contributed by atoms with E-state index in [2.05, 4.69) is 5.32 Å². The lowest BCUT2D eigenvalue weighted by Crippen LogP contribution is -2.12. The molecule has 0 bridgehead atoms. The highest BCUT2D eigenvalue weighted by Crippen LogP contribution is 2.25. The van der Waals surface area contributed by atoms with Crippen molar-refractivity contribution in [3.8, 4) is 5.75 Å². The van der Waals surface area contributed by atoms with Gasteiger partial charge in [-0.15, -0.1) is 0 Å². The third kappa shape index (κ3) is 4.55. The van der Waals surface area contributed by atoms with Crippen LogP contribution in [0, 0.1) is 0 Å². The molecule has 0 fully saturated rings. The van der Waals surface area contributed by atoms with Crippen molar-refractivity contribution in [2.24, 2.45) is 0 Å². The summed E-state index contributed by atoms with van der Waals surface area (Å²) in [6.45, 7) is 0.878. The monoisotopic (exact) mass is 325 g/mol. The van der Waals surface area contributed by atoms with Gasteiger partial charge in [-0.2, -0.15) is 0 Å². The molecule has 0 heterocycles. The van der Waals surface area contributed by atoms with Gasteiger partial charge in [0.25, 0.3) is 0 Å². The van der Waals surface area contributed by atoms with Crippen LogP contribution in [0.2, 0.25) is 10.0 Å². The first-order valence-electron chi connectivity index (χ1n) is 6.21. The van der Waals surface area contributed by atoms with Crippen LogP contribution < -0.4 is 10.1 Å². The van der Waals surface area contributed by atoms with Crippen LogP contribution in [0.3, 0.4) is 0 Å². The molecule has 4 nitrogen and oxygen atoms in total. The van der Waals surface area contributed by atoms with Gasteiger partial charge in [0.1, 0.15) is 12.4 Å². The zero-order valence-electron chi connectivity index (χ0n) is 11.0. The van der Waals surface area contributed by atoms with Crippen molar-refractivity contribution in [1.29, 1.82) is 0 Å². The van der Waals surface area contributed by atoms with Gasteiger partial charge in [0, 0.05) is 11.6 Å². The van der Waals surface area contributed by atoms with Gasteiger partial charge in [-0.25, -0.2) is 4.79 Å². The molecule has 6 heteroatoms. The normalized spacial score (nSPS) is 10.2. The van der Waals surface area contributed by atoms with E-state index in [-0.39, 0.29) is 5.56 Å². The lowest BCUT2D eigenvalue weighted by molar-refractivity contribution is 0.0696. The Kier molecular flexibility index (Phi) is 5.31. The van der Waals surface area contributed by atoms with Crippen LogP contribution in [-0.4, -0.2) is 24.2 Å². The predicted octanol–water partition coefficient (Wildman–Crippen LogP) is 4.18. The van der Waals surface area contributed by atoms with E-state index in [1.54, 1.807) is 30.3 Å². The molecule has 2 aromatic carbocycles. The molecule has 110 valence electrons. The van der Waals surface area contributed by atoms with Crippen LogP contribution in [-0.2, 0) is 0 Å². The SMILES string of the molecule is O=C(O)c1cccc(OCCNc2cc(Cl)ccc2Cl)c1. The Bertz CT molecular complexity index is 647. The Balaban J connectivity index is 1.86. The van der Waals surface area contributed by atoms with Gasteiger partial charge in [-0.1, -0.05) is 29.3 Å². The Hall–Kier alpha value is -1.91. The van der Waals surface area contributed by atoms with E-state index in [1.165, 1.54) is 12.1 Å². The minimum absolute atomic E-state index is 0.193. The first-order chi connectivity index (χ1) is 10.1. The van der Waals surface area contributed by atoms with E-state index in [0.29, 0.717) is 28.9 Å². The summed E-state index contributed by atoms with van der Waals surface area (Å²) < 4.78 is 5.49. The van der Waals surface area contributed by atoms with E-state index in [4.69, 9.17) is 33.0 Å². The molecule has 0 saturated carbocycles. The quantitative estimate of drug-likeness (QED) is 0.782. The molecule has 2 N–H and O–H groups in total. The first-order valence-corrected chi connectivity index (χ1v) is 6.97. The van der Waals surface area contributed by atoms with Crippen molar-refractivity contribution in [3.63, 3.8) is 0 Å². The molecule has 0 aliphatic carbocycles. The van der Waals surface area contributed by atoms with Crippen LogP contribution in [0.4, 0.5) is 5.69 Å². The molecule has 2 rings (SSSR count). The van der Waals surface area contributed by atoms with Gasteiger partial charge < -0.3 is 15.2 Å². The number of carboxylic acids is 1. The summed E-state index contributed by atoms with van der Waals surface area (Å²) in [7, 11) is 0. The number of ether oxygens (including phenoxy) is 1. The Labute approximate surface area is 132 Å². The number of halogens is 2. The number of carbonyl (C=O) groups is 1. The fourth-order valence-corrected chi connectivity index (χ4v) is 2.06. The fourth-order valence-electron chi connectivity index (χ4n) is 1.71. The summed E-state index contributed by atoms with van der Waals surface area (Å²) in [6, 6.07) is 11.5. The molecule has 0 aliphatic heterocycles. The molecular weight excluding hydrogens is 313 g/mol. The zero-order chi connectivity index (χ0) is 15.2. The average molecular weight is 326 g/mol. The summed E-state index contributed by atoms with van der Waals surface area (Å²) in [5.41, 5.74) is 0.922. The number of aromatic carboxylic acids is 1. The smallest absolute Gasteiger partial charge is 0.335 e. The van der Waals surface area contributed by atoms with E-state index in [1.807, 2.05) is 0 Å². The lowest BCUT2D eigenvalue weighted by atomic mass is 10.2. The molecule has 0 atom stereocenters. The Morgan fingerprint density at radius 3 is 2.76 bits per heavy atom. The number of carboxylic acid groups (broad SMARTS) is 1. The molecule has 21 heavy (non-hydrogen) atoms. The molecule has 0 amide bonds. The first kappa shape index (κ1) is 15.5. The molecule has 0 saturated heterocycles. The molecule has 0 unspecified atom stereocenters. The fraction of sp³-hybridized carbons (Fsp3) is 0.133. The van der Waals surface area contributed by atoms with Crippen molar-refractivity contribution in [3.05, 3.63) is 58.1 Å². The van der Waals surface area contributed by atoms with Crippen molar-refractivity contribution in [1.82, 2.24) is 0 Å². The highest BCUT2D eigenvalue weighted by Gasteiger charge is 2.04. The maximum atomic E-state index is 10.8. The summed E-state index contributed by atoms with van der Waals surface area (Å²) in [5, 5.41) is 13.2. The van der Waals surface area contributed by atoms with Crippen molar-refractivity contribution in [2.45, 2.75) is 0 Å². The lowest BCUT2D eigenvalue weighted by Gasteiger charge is -2.10. The summed E-state index contributed by atoms with van der Waals surface area (Å²) in [4.78, 5) is 10.8. The van der Waals surface area contributed by atoms with Gasteiger partial charge in [-0.3, -0.25) is 0 Å². The van der Waals surface area contributed by atoms with Crippen LogP contribution in [0.1, 0.15) is 10.4 Å². The highest BCUT2D eigenvalue weighted by atomic mass is 35.5. The highest BCUT2D eigenvalue weighted by molar-refractivity contribution is 6.35. The number of rotatable bonds is 6. The van der Waals surface area contributed by atoms with Gasteiger partial charge in [0.05, 0.1) is 16.3 Å². The maximum Gasteiger partial charge on any atom is 0.335 e. The van der Waals surface area contributed by atoms with E-state index >= 15 is 0 Å². The maximum absolute atomic E-state index is 10.8. The standard InChI is InChI=1S/C15H13Cl2NO3/c16-11-4-5-13(17)14(9-11)18-6-7-21-12-3-1-2-10(8-12)15(19)20/h1-5,8-9,18H,6-7H2,(H,19,20). The molecule has 0 aromatic heterocycles.